The summed E-state index contributed by atoms with van der Waals surface area (Å²) in [6, 6.07) is 10.1. The van der Waals surface area contributed by atoms with Gasteiger partial charge in [0.2, 0.25) is 0 Å². The Morgan fingerprint density at radius 1 is 1.30 bits per heavy atom. The fourth-order valence-corrected chi connectivity index (χ4v) is 2.81. The number of rotatable bonds is 4. The van der Waals surface area contributed by atoms with E-state index in [0.29, 0.717) is 5.92 Å². The lowest BCUT2D eigenvalue weighted by Gasteiger charge is -2.35. The van der Waals surface area contributed by atoms with Gasteiger partial charge in [0.25, 0.3) is 0 Å². The summed E-state index contributed by atoms with van der Waals surface area (Å²) in [6.07, 6.45) is 6.84. The maximum absolute atomic E-state index is 8.81. The van der Waals surface area contributed by atoms with Crippen LogP contribution in [0.15, 0.2) is 35.9 Å². The molecule has 1 aliphatic rings. The average molecular weight is 269 g/mol. The van der Waals surface area contributed by atoms with E-state index in [0.717, 1.165) is 24.8 Å². The second-order valence-corrected chi connectivity index (χ2v) is 6.13. The quantitative estimate of drug-likeness (QED) is 0.765. The van der Waals surface area contributed by atoms with Crippen LogP contribution in [-0.2, 0) is 11.2 Å². The van der Waals surface area contributed by atoms with Crippen LogP contribution in [0.1, 0.15) is 44.2 Å². The number of nitrogens with zero attached hydrogens (tertiary/aromatic N) is 1. The zero-order valence-electron chi connectivity index (χ0n) is 12.6. The first-order valence-electron chi connectivity index (χ1n) is 7.27. The van der Waals surface area contributed by atoms with Crippen LogP contribution in [0.5, 0.6) is 0 Å². The summed E-state index contributed by atoms with van der Waals surface area (Å²) in [7, 11) is 1.80. The number of hydrogen-bond acceptors (Lipinski definition) is 2. The van der Waals surface area contributed by atoms with Gasteiger partial charge in [0.15, 0.2) is 0 Å². The van der Waals surface area contributed by atoms with Crippen LogP contribution in [0.4, 0.5) is 0 Å². The summed E-state index contributed by atoms with van der Waals surface area (Å²) in [6.45, 7) is 4.36. The number of allylic oxidation sites excluding steroid dienone is 2. The maximum atomic E-state index is 8.81. The number of benzene rings is 1. The van der Waals surface area contributed by atoms with E-state index in [1.54, 1.807) is 7.11 Å². The summed E-state index contributed by atoms with van der Waals surface area (Å²) in [4.78, 5) is 0. The molecule has 1 atom stereocenters. The van der Waals surface area contributed by atoms with Gasteiger partial charge in [-0.15, -0.1) is 0 Å². The van der Waals surface area contributed by atoms with Gasteiger partial charge in [-0.25, -0.2) is 0 Å². The van der Waals surface area contributed by atoms with E-state index in [9.17, 15) is 0 Å². The third-order valence-electron chi connectivity index (χ3n) is 4.53. The molecule has 20 heavy (non-hydrogen) atoms. The van der Waals surface area contributed by atoms with E-state index in [1.165, 1.54) is 17.6 Å². The second kappa shape index (κ2) is 6.24. The maximum Gasteiger partial charge on any atom is 0.0991 e. The lowest BCUT2D eigenvalue weighted by atomic mass is 9.78. The molecule has 0 unspecified atom stereocenters. The molecule has 0 aromatic heterocycles. The van der Waals surface area contributed by atoms with Gasteiger partial charge in [-0.1, -0.05) is 23.8 Å². The van der Waals surface area contributed by atoms with Gasteiger partial charge in [-0.05, 0) is 63.1 Å². The molecule has 0 heterocycles. The summed E-state index contributed by atoms with van der Waals surface area (Å²) in [5.41, 5.74) is 3.50. The average Bonchev–Trinajstić information content (AvgIpc) is 2.48. The van der Waals surface area contributed by atoms with Crippen molar-refractivity contribution in [2.45, 2.75) is 45.1 Å². The van der Waals surface area contributed by atoms with Crippen LogP contribution in [0, 0.1) is 17.2 Å². The monoisotopic (exact) mass is 269 g/mol. The van der Waals surface area contributed by atoms with Crippen molar-refractivity contribution in [2.24, 2.45) is 5.92 Å². The number of hydrogen-bond donors (Lipinski definition) is 0. The van der Waals surface area contributed by atoms with Crippen molar-refractivity contribution >= 4 is 0 Å². The van der Waals surface area contributed by atoms with Crippen molar-refractivity contribution in [1.82, 2.24) is 0 Å². The van der Waals surface area contributed by atoms with Crippen LogP contribution >= 0.6 is 0 Å². The fraction of sp³-hybridized carbons (Fsp3) is 0.500. The standard InChI is InChI=1S/C18H23NO/c1-18(2,20-3)17-10-8-15(9-11-17)12-14-4-6-16(13-19)7-5-14/h4-8,17H,9-12H2,1-3H3/t17-/m1/s1. The summed E-state index contributed by atoms with van der Waals surface area (Å²) in [5.74, 6) is 0.609. The lowest BCUT2D eigenvalue weighted by Crippen LogP contribution is -2.34. The second-order valence-electron chi connectivity index (χ2n) is 6.13. The highest BCUT2D eigenvalue weighted by Crippen LogP contribution is 2.34. The predicted molar refractivity (Wildman–Crippen MR) is 81.4 cm³/mol. The van der Waals surface area contributed by atoms with Gasteiger partial charge in [0, 0.05) is 7.11 Å². The molecule has 0 radical (unpaired) electrons. The highest BCUT2D eigenvalue weighted by atomic mass is 16.5. The normalized spacial score (nSPS) is 19.3. The van der Waals surface area contributed by atoms with Gasteiger partial charge in [0.05, 0.1) is 17.2 Å². The van der Waals surface area contributed by atoms with Crippen molar-refractivity contribution in [3.8, 4) is 6.07 Å². The van der Waals surface area contributed by atoms with Crippen LogP contribution in [0.2, 0.25) is 0 Å². The van der Waals surface area contributed by atoms with E-state index in [1.807, 2.05) is 12.1 Å². The highest BCUT2D eigenvalue weighted by Gasteiger charge is 2.30. The van der Waals surface area contributed by atoms with Crippen LogP contribution in [0.25, 0.3) is 0 Å². The van der Waals surface area contributed by atoms with Crippen LogP contribution < -0.4 is 0 Å². The molecule has 0 fully saturated rings. The third kappa shape index (κ3) is 3.49. The molecule has 0 aliphatic heterocycles. The largest absolute Gasteiger partial charge is 0.379 e. The minimum atomic E-state index is -0.0313. The molecule has 2 heteroatoms. The molecule has 1 aromatic rings. The van der Waals surface area contributed by atoms with Crippen LogP contribution in [-0.4, -0.2) is 12.7 Å². The molecule has 1 aromatic carbocycles. The lowest BCUT2D eigenvalue weighted by molar-refractivity contribution is -0.0312. The Kier molecular flexibility index (Phi) is 4.62. The molecule has 0 N–H and O–H groups in total. The Morgan fingerprint density at radius 2 is 2.00 bits per heavy atom. The third-order valence-corrected chi connectivity index (χ3v) is 4.53. The van der Waals surface area contributed by atoms with E-state index in [-0.39, 0.29) is 5.60 Å². The molecule has 0 saturated carbocycles. The zero-order chi connectivity index (χ0) is 14.6. The summed E-state index contributed by atoms with van der Waals surface area (Å²) < 4.78 is 5.60. The molecule has 0 spiro atoms. The number of ether oxygens (including phenoxy) is 1. The molecule has 106 valence electrons. The summed E-state index contributed by atoms with van der Waals surface area (Å²) >= 11 is 0. The van der Waals surface area contributed by atoms with E-state index >= 15 is 0 Å². The van der Waals surface area contributed by atoms with Gasteiger partial charge in [-0.3, -0.25) is 0 Å². The molecule has 0 amide bonds. The smallest absolute Gasteiger partial charge is 0.0991 e. The molecule has 0 bridgehead atoms. The summed E-state index contributed by atoms with van der Waals surface area (Å²) in [5, 5.41) is 8.81. The Morgan fingerprint density at radius 3 is 2.50 bits per heavy atom. The van der Waals surface area contributed by atoms with Crippen molar-refractivity contribution in [3.05, 3.63) is 47.0 Å². The molecule has 2 nitrogen and oxygen atoms in total. The van der Waals surface area contributed by atoms with E-state index < -0.39 is 0 Å². The van der Waals surface area contributed by atoms with Gasteiger partial charge < -0.3 is 4.74 Å². The Balaban J connectivity index is 1.97. The molecular weight excluding hydrogens is 246 g/mol. The zero-order valence-corrected chi connectivity index (χ0v) is 12.6. The highest BCUT2D eigenvalue weighted by molar-refractivity contribution is 5.33. The first kappa shape index (κ1) is 14.8. The fourth-order valence-electron chi connectivity index (χ4n) is 2.81. The first-order valence-corrected chi connectivity index (χ1v) is 7.27. The van der Waals surface area contributed by atoms with Crippen molar-refractivity contribution in [2.75, 3.05) is 7.11 Å². The number of methoxy groups -OCH3 is 1. The van der Waals surface area contributed by atoms with Crippen molar-refractivity contribution in [1.29, 1.82) is 5.26 Å². The minimum absolute atomic E-state index is 0.0313. The van der Waals surface area contributed by atoms with Crippen molar-refractivity contribution in [3.63, 3.8) is 0 Å². The first-order chi connectivity index (χ1) is 9.55. The topological polar surface area (TPSA) is 33.0 Å². The Labute approximate surface area is 122 Å². The minimum Gasteiger partial charge on any atom is -0.379 e. The molecular formula is C18H23NO. The van der Waals surface area contributed by atoms with Crippen LogP contribution in [0.3, 0.4) is 0 Å². The van der Waals surface area contributed by atoms with Gasteiger partial charge in [0.1, 0.15) is 0 Å². The molecule has 2 rings (SSSR count). The van der Waals surface area contributed by atoms with E-state index in [2.05, 4.69) is 38.1 Å². The predicted octanol–water partition coefficient (Wildman–Crippen LogP) is 4.25. The van der Waals surface area contributed by atoms with Gasteiger partial charge >= 0.3 is 0 Å². The Hall–Kier alpha value is -1.59. The molecule has 1 aliphatic carbocycles. The van der Waals surface area contributed by atoms with Gasteiger partial charge in [-0.2, -0.15) is 5.26 Å². The molecule has 0 saturated heterocycles. The Bertz CT molecular complexity index is 519. The SMILES string of the molecule is COC(C)(C)[C@@H]1CC=C(Cc2ccc(C#N)cc2)CC1. The van der Waals surface area contributed by atoms with E-state index in [4.69, 9.17) is 10.00 Å². The number of nitriles is 1. The van der Waals surface area contributed by atoms with Crippen molar-refractivity contribution < 1.29 is 4.74 Å².